The van der Waals surface area contributed by atoms with Gasteiger partial charge in [-0.05, 0) is 36.8 Å². The Balaban J connectivity index is 2.21. The number of amidine groups is 1. The maximum Gasteiger partial charge on any atom is 0.340 e. The lowest BCUT2D eigenvalue weighted by Crippen LogP contribution is -2.14. The normalized spacial score (nSPS) is 11.1. The standard InChI is InChI=1S/C16H17ClN2O4S/c1-11-8-12(22-7-6-16(18)19)10-13(9-11)23-24(20,21)15-5-3-2-4-14(15)17/h2-5,8-10H,6-7H2,1H3,(H3,18,19). The van der Waals surface area contributed by atoms with Gasteiger partial charge >= 0.3 is 10.1 Å². The summed E-state index contributed by atoms with van der Waals surface area (Å²) in [6.45, 7) is 2.00. The van der Waals surface area contributed by atoms with Crippen LogP contribution in [-0.2, 0) is 10.1 Å². The summed E-state index contributed by atoms with van der Waals surface area (Å²) in [6.07, 6.45) is 0.280. The van der Waals surface area contributed by atoms with E-state index in [1.807, 2.05) is 0 Å². The van der Waals surface area contributed by atoms with Crippen molar-refractivity contribution in [3.05, 3.63) is 53.1 Å². The first kappa shape index (κ1) is 18.1. The minimum absolute atomic E-state index is 0.0143. The minimum Gasteiger partial charge on any atom is -0.493 e. The highest BCUT2D eigenvalue weighted by atomic mass is 35.5. The number of rotatable bonds is 7. The summed E-state index contributed by atoms with van der Waals surface area (Å²) < 4.78 is 35.3. The van der Waals surface area contributed by atoms with E-state index in [9.17, 15) is 8.42 Å². The minimum atomic E-state index is -4.05. The highest BCUT2D eigenvalue weighted by Crippen LogP contribution is 2.28. The van der Waals surface area contributed by atoms with Gasteiger partial charge < -0.3 is 14.7 Å². The molecule has 0 aliphatic carbocycles. The summed E-state index contributed by atoms with van der Waals surface area (Å²) in [6, 6.07) is 10.8. The van der Waals surface area contributed by atoms with Crippen molar-refractivity contribution in [1.29, 1.82) is 5.41 Å². The summed E-state index contributed by atoms with van der Waals surface area (Å²) in [5.41, 5.74) is 6.03. The van der Waals surface area contributed by atoms with Gasteiger partial charge in [-0.25, -0.2) is 0 Å². The second-order valence-corrected chi connectivity index (χ2v) is 7.00. The Morgan fingerprint density at radius 1 is 1.21 bits per heavy atom. The molecule has 0 spiro atoms. The van der Waals surface area contributed by atoms with E-state index in [-0.39, 0.29) is 34.5 Å². The van der Waals surface area contributed by atoms with Gasteiger partial charge in [0.2, 0.25) is 0 Å². The van der Waals surface area contributed by atoms with Crippen molar-refractivity contribution in [3.8, 4) is 11.5 Å². The van der Waals surface area contributed by atoms with Gasteiger partial charge in [-0.15, -0.1) is 0 Å². The van der Waals surface area contributed by atoms with Gasteiger partial charge in [0.25, 0.3) is 0 Å². The van der Waals surface area contributed by atoms with Crippen LogP contribution in [0.25, 0.3) is 0 Å². The van der Waals surface area contributed by atoms with Gasteiger partial charge in [0, 0.05) is 12.5 Å². The van der Waals surface area contributed by atoms with Crippen LogP contribution < -0.4 is 14.7 Å². The van der Waals surface area contributed by atoms with Gasteiger partial charge in [-0.3, -0.25) is 5.41 Å². The van der Waals surface area contributed by atoms with Crippen LogP contribution in [0.1, 0.15) is 12.0 Å². The molecule has 0 aliphatic rings. The molecule has 0 atom stereocenters. The third-order valence-corrected chi connectivity index (χ3v) is 4.72. The number of ether oxygens (including phenoxy) is 1. The zero-order chi connectivity index (χ0) is 17.7. The van der Waals surface area contributed by atoms with Crippen LogP contribution in [0.5, 0.6) is 11.5 Å². The average molecular weight is 369 g/mol. The lowest BCUT2D eigenvalue weighted by molar-refractivity contribution is 0.327. The van der Waals surface area contributed by atoms with E-state index < -0.39 is 10.1 Å². The van der Waals surface area contributed by atoms with Gasteiger partial charge in [-0.1, -0.05) is 23.7 Å². The van der Waals surface area contributed by atoms with Crippen molar-refractivity contribution >= 4 is 27.6 Å². The molecule has 128 valence electrons. The molecule has 0 unspecified atom stereocenters. The second-order valence-electron chi connectivity index (χ2n) is 5.07. The predicted molar refractivity (Wildman–Crippen MR) is 92.5 cm³/mol. The van der Waals surface area contributed by atoms with Crippen LogP contribution in [0.3, 0.4) is 0 Å². The molecular formula is C16H17ClN2O4S. The Labute approximate surface area is 145 Å². The molecule has 2 rings (SSSR count). The molecule has 8 heteroatoms. The number of nitrogens with two attached hydrogens (primary N) is 1. The molecule has 0 radical (unpaired) electrons. The van der Waals surface area contributed by atoms with Crippen LogP contribution in [0.15, 0.2) is 47.4 Å². The molecule has 2 aromatic rings. The summed E-state index contributed by atoms with van der Waals surface area (Å²) in [5, 5.41) is 7.25. The summed E-state index contributed by atoms with van der Waals surface area (Å²) >= 11 is 5.92. The molecular weight excluding hydrogens is 352 g/mol. The van der Waals surface area contributed by atoms with Gasteiger partial charge in [0.1, 0.15) is 16.4 Å². The number of hydrogen-bond acceptors (Lipinski definition) is 5. The fourth-order valence-corrected chi connectivity index (χ4v) is 3.35. The fourth-order valence-electron chi connectivity index (χ4n) is 1.94. The van der Waals surface area contributed by atoms with E-state index in [1.165, 1.54) is 18.2 Å². The van der Waals surface area contributed by atoms with Crippen LogP contribution in [0.4, 0.5) is 0 Å². The number of nitrogens with one attached hydrogen (secondary N) is 1. The quantitative estimate of drug-likeness (QED) is 0.444. The third kappa shape index (κ3) is 4.87. The number of halogens is 1. The molecule has 0 bridgehead atoms. The van der Waals surface area contributed by atoms with Crippen LogP contribution in [-0.4, -0.2) is 20.9 Å². The number of aryl methyl sites for hydroxylation is 1. The van der Waals surface area contributed by atoms with Crippen molar-refractivity contribution in [2.75, 3.05) is 6.61 Å². The van der Waals surface area contributed by atoms with Gasteiger partial charge in [0.15, 0.2) is 0 Å². The first-order valence-corrected chi connectivity index (χ1v) is 8.83. The maximum atomic E-state index is 12.4. The molecule has 0 aliphatic heterocycles. The Morgan fingerprint density at radius 3 is 2.54 bits per heavy atom. The molecule has 0 fully saturated rings. The molecule has 24 heavy (non-hydrogen) atoms. The summed E-state index contributed by atoms with van der Waals surface area (Å²) in [5.74, 6) is 0.564. The highest BCUT2D eigenvalue weighted by molar-refractivity contribution is 7.87. The average Bonchev–Trinajstić information content (AvgIpc) is 2.46. The zero-order valence-corrected chi connectivity index (χ0v) is 14.5. The molecule has 0 saturated carbocycles. The van der Waals surface area contributed by atoms with E-state index in [0.717, 1.165) is 5.56 Å². The first-order chi connectivity index (χ1) is 11.3. The summed E-state index contributed by atoms with van der Waals surface area (Å²) in [7, 11) is -4.05. The van der Waals surface area contributed by atoms with Crippen molar-refractivity contribution in [3.63, 3.8) is 0 Å². The van der Waals surface area contributed by atoms with Gasteiger partial charge in [-0.2, -0.15) is 8.42 Å². The van der Waals surface area contributed by atoms with E-state index >= 15 is 0 Å². The number of hydrogen-bond donors (Lipinski definition) is 2. The van der Waals surface area contributed by atoms with E-state index in [1.54, 1.807) is 31.2 Å². The lowest BCUT2D eigenvalue weighted by atomic mass is 10.2. The number of benzene rings is 2. The lowest BCUT2D eigenvalue weighted by Gasteiger charge is -2.11. The van der Waals surface area contributed by atoms with Crippen molar-refractivity contribution in [2.45, 2.75) is 18.2 Å². The molecule has 2 aromatic carbocycles. The molecule has 0 heterocycles. The Morgan fingerprint density at radius 2 is 1.88 bits per heavy atom. The highest BCUT2D eigenvalue weighted by Gasteiger charge is 2.20. The zero-order valence-electron chi connectivity index (χ0n) is 13.0. The van der Waals surface area contributed by atoms with Crippen molar-refractivity contribution < 1.29 is 17.3 Å². The SMILES string of the molecule is Cc1cc(OCCC(=N)N)cc(OS(=O)(=O)c2ccccc2Cl)c1. The van der Waals surface area contributed by atoms with Crippen LogP contribution in [0.2, 0.25) is 5.02 Å². The van der Waals surface area contributed by atoms with Crippen molar-refractivity contribution in [2.24, 2.45) is 5.73 Å². The van der Waals surface area contributed by atoms with Crippen molar-refractivity contribution in [1.82, 2.24) is 0 Å². The maximum absolute atomic E-state index is 12.4. The topological polar surface area (TPSA) is 102 Å². The molecule has 0 aromatic heterocycles. The van der Waals surface area contributed by atoms with E-state index in [2.05, 4.69) is 0 Å². The van der Waals surface area contributed by atoms with Crippen LogP contribution >= 0.6 is 11.6 Å². The monoisotopic (exact) mass is 368 g/mol. The smallest absolute Gasteiger partial charge is 0.340 e. The van der Waals surface area contributed by atoms with E-state index in [4.69, 9.17) is 31.7 Å². The van der Waals surface area contributed by atoms with Crippen LogP contribution in [0, 0.1) is 12.3 Å². The molecule has 3 N–H and O–H groups in total. The Bertz CT molecular complexity index is 853. The Hall–Kier alpha value is -2.25. The largest absolute Gasteiger partial charge is 0.493 e. The Kier molecular flexibility index (Phi) is 5.69. The molecule has 0 saturated heterocycles. The molecule has 6 nitrogen and oxygen atoms in total. The van der Waals surface area contributed by atoms with E-state index in [0.29, 0.717) is 5.75 Å². The first-order valence-electron chi connectivity index (χ1n) is 7.04. The second kappa shape index (κ2) is 7.55. The predicted octanol–water partition coefficient (Wildman–Crippen LogP) is 3.12. The third-order valence-electron chi connectivity index (χ3n) is 2.98. The summed E-state index contributed by atoms with van der Waals surface area (Å²) in [4.78, 5) is -0.104. The fraction of sp³-hybridized carbons (Fsp3) is 0.188. The molecule has 0 amide bonds. The van der Waals surface area contributed by atoms with Gasteiger partial charge in [0.05, 0.1) is 17.5 Å².